The molecule has 2 aromatic rings. The first-order valence-corrected chi connectivity index (χ1v) is 8.61. The first-order valence-electron chi connectivity index (χ1n) is 8.24. The third kappa shape index (κ3) is 3.28. The van der Waals surface area contributed by atoms with Gasteiger partial charge in [-0.1, -0.05) is 23.7 Å². The predicted octanol–water partition coefficient (Wildman–Crippen LogP) is 1.36. The molecule has 2 heterocycles. The van der Waals surface area contributed by atoms with Crippen LogP contribution in [0.4, 0.5) is 0 Å². The van der Waals surface area contributed by atoms with Gasteiger partial charge < -0.3 is 5.32 Å². The first kappa shape index (κ1) is 18.0. The van der Waals surface area contributed by atoms with Gasteiger partial charge >= 0.3 is 5.69 Å². The van der Waals surface area contributed by atoms with Crippen molar-refractivity contribution in [3.63, 3.8) is 0 Å². The Morgan fingerprint density at radius 2 is 2.19 bits per heavy atom. The van der Waals surface area contributed by atoms with Crippen molar-refractivity contribution in [2.45, 2.75) is 38.9 Å². The maximum atomic E-state index is 12.5. The third-order valence-electron chi connectivity index (χ3n) is 4.47. The summed E-state index contributed by atoms with van der Waals surface area (Å²) in [6.45, 7) is 1.80. The van der Waals surface area contributed by atoms with Crippen LogP contribution in [-0.2, 0) is 24.3 Å². The van der Waals surface area contributed by atoms with Crippen molar-refractivity contribution >= 4 is 17.5 Å². The first-order chi connectivity index (χ1) is 12.4. The molecule has 26 heavy (non-hydrogen) atoms. The second kappa shape index (κ2) is 7.18. The molecule has 1 aliphatic rings. The summed E-state index contributed by atoms with van der Waals surface area (Å²) in [4.78, 5) is 37.3. The van der Waals surface area contributed by atoms with E-state index < -0.39 is 23.7 Å². The Morgan fingerprint density at radius 1 is 1.42 bits per heavy atom. The number of nitriles is 1. The van der Waals surface area contributed by atoms with Gasteiger partial charge in [-0.2, -0.15) is 5.26 Å². The van der Waals surface area contributed by atoms with Crippen LogP contribution >= 0.6 is 11.6 Å². The lowest BCUT2D eigenvalue weighted by Gasteiger charge is -2.16. The number of fused-ring (bicyclic) bond motifs is 1. The molecule has 3 rings (SSSR count). The van der Waals surface area contributed by atoms with E-state index in [0.717, 1.165) is 10.1 Å². The number of carbonyl (C=O) groups excluding carboxylic acids is 1. The van der Waals surface area contributed by atoms with Gasteiger partial charge in [-0.15, -0.1) is 0 Å². The average Bonchev–Trinajstić information content (AvgIpc) is 3.08. The summed E-state index contributed by atoms with van der Waals surface area (Å²) < 4.78 is 2.24. The molecule has 134 valence electrons. The second-order valence-electron chi connectivity index (χ2n) is 6.21. The number of nitrogens with one attached hydrogen (secondary N) is 1. The highest BCUT2D eigenvalue weighted by Gasteiger charge is 2.23. The minimum Gasteiger partial charge on any atom is -0.348 e. The Hall–Kier alpha value is -2.85. The van der Waals surface area contributed by atoms with Crippen molar-refractivity contribution in [1.82, 2.24) is 14.5 Å². The summed E-state index contributed by atoms with van der Waals surface area (Å²) in [5.74, 6) is -0.487. The van der Waals surface area contributed by atoms with Gasteiger partial charge in [-0.3, -0.25) is 14.2 Å². The number of benzene rings is 1. The minimum absolute atomic E-state index is 0.0576. The summed E-state index contributed by atoms with van der Waals surface area (Å²) in [5.41, 5.74) is -0.0471. The average molecular weight is 373 g/mol. The zero-order chi connectivity index (χ0) is 18.8. The van der Waals surface area contributed by atoms with Gasteiger partial charge in [0.25, 0.3) is 5.56 Å². The highest BCUT2D eigenvalue weighted by Crippen LogP contribution is 2.17. The molecule has 1 amide bonds. The second-order valence-corrected chi connectivity index (χ2v) is 6.64. The van der Waals surface area contributed by atoms with Crippen LogP contribution in [0.1, 0.15) is 36.2 Å². The third-order valence-corrected chi connectivity index (χ3v) is 4.71. The van der Waals surface area contributed by atoms with Crippen LogP contribution in [0.2, 0.25) is 5.02 Å². The largest absolute Gasteiger partial charge is 0.348 e. The number of halogens is 1. The maximum absolute atomic E-state index is 12.5. The molecule has 0 aliphatic carbocycles. The Kier molecular flexibility index (Phi) is 4.96. The molecule has 1 N–H and O–H groups in total. The fourth-order valence-corrected chi connectivity index (χ4v) is 3.38. The van der Waals surface area contributed by atoms with Crippen molar-refractivity contribution in [3.8, 4) is 6.07 Å². The number of nitrogens with zero attached hydrogens (tertiary/aromatic N) is 3. The van der Waals surface area contributed by atoms with E-state index in [1.807, 2.05) is 12.1 Å². The zero-order valence-electron chi connectivity index (χ0n) is 14.2. The van der Waals surface area contributed by atoms with E-state index >= 15 is 0 Å². The normalized spacial score (nSPS) is 13.7. The van der Waals surface area contributed by atoms with Crippen molar-refractivity contribution in [1.29, 1.82) is 5.26 Å². The number of hydrogen-bond donors (Lipinski definition) is 1. The molecular formula is C18H17ClN4O3. The minimum atomic E-state index is -0.712. The molecule has 0 saturated carbocycles. The molecule has 0 saturated heterocycles. The van der Waals surface area contributed by atoms with E-state index in [1.54, 1.807) is 25.1 Å². The highest BCUT2D eigenvalue weighted by molar-refractivity contribution is 6.30. The molecule has 1 atom stereocenters. The monoisotopic (exact) mass is 372 g/mol. The lowest BCUT2D eigenvalue weighted by Crippen LogP contribution is -2.45. The number of hydrogen-bond acceptors (Lipinski definition) is 4. The highest BCUT2D eigenvalue weighted by atomic mass is 35.5. The quantitative estimate of drug-likeness (QED) is 0.876. The van der Waals surface area contributed by atoms with E-state index in [-0.39, 0.29) is 11.6 Å². The van der Waals surface area contributed by atoms with Crippen LogP contribution in [0.3, 0.4) is 0 Å². The Balaban J connectivity index is 1.86. The number of rotatable bonds is 4. The Labute approximate surface area is 154 Å². The SMILES string of the molecule is C[C@@H](NC(=O)Cn1c(=O)c(C#N)c2n(c1=O)CCC2)c1cccc(Cl)c1. The topological polar surface area (TPSA) is 96.9 Å². The van der Waals surface area contributed by atoms with E-state index in [4.69, 9.17) is 11.6 Å². The number of amides is 1. The van der Waals surface area contributed by atoms with E-state index in [1.165, 1.54) is 4.57 Å². The molecule has 1 aromatic carbocycles. The molecule has 0 radical (unpaired) electrons. The van der Waals surface area contributed by atoms with E-state index in [9.17, 15) is 19.6 Å². The summed E-state index contributed by atoms with van der Waals surface area (Å²) in [6, 6.07) is 8.59. The van der Waals surface area contributed by atoms with Gasteiger partial charge in [-0.25, -0.2) is 9.36 Å². The lowest BCUT2D eigenvalue weighted by atomic mass is 10.1. The molecular weight excluding hydrogens is 356 g/mol. The molecule has 1 aromatic heterocycles. The predicted molar refractivity (Wildman–Crippen MR) is 96.0 cm³/mol. The van der Waals surface area contributed by atoms with E-state index in [0.29, 0.717) is 30.1 Å². The Bertz CT molecular complexity index is 1030. The van der Waals surface area contributed by atoms with Gasteiger partial charge in [0.15, 0.2) is 0 Å². The van der Waals surface area contributed by atoms with Crippen LogP contribution < -0.4 is 16.6 Å². The lowest BCUT2D eigenvalue weighted by molar-refractivity contribution is -0.122. The van der Waals surface area contributed by atoms with Crippen molar-refractivity contribution in [2.24, 2.45) is 0 Å². The van der Waals surface area contributed by atoms with Gasteiger partial charge in [0, 0.05) is 17.3 Å². The molecule has 0 fully saturated rings. The van der Waals surface area contributed by atoms with Crippen LogP contribution in [0, 0.1) is 11.3 Å². The van der Waals surface area contributed by atoms with Crippen LogP contribution in [0.15, 0.2) is 33.9 Å². The molecule has 0 spiro atoms. The summed E-state index contributed by atoms with van der Waals surface area (Å²) in [7, 11) is 0. The fraction of sp³-hybridized carbons (Fsp3) is 0.333. The standard InChI is InChI=1S/C18H17ClN4O3/c1-11(12-4-2-5-13(19)8-12)21-16(24)10-23-17(25)14(9-20)15-6-3-7-22(15)18(23)26/h2,4-5,8,11H,3,6-7,10H2,1H3,(H,21,24)/t11-/m1/s1. The maximum Gasteiger partial charge on any atom is 0.331 e. The number of carbonyl (C=O) groups is 1. The number of aromatic nitrogens is 2. The van der Waals surface area contributed by atoms with Crippen molar-refractivity contribution < 1.29 is 4.79 Å². The van der Waals surface area contributed by atoms with Crippen LogP contribution in [0.5, 0.6) is 0 Å². The van der Waals surface area contributed by atoms with Crippen LogP contribution in [-0.4, -0.2) is 15.0 Å². The molecule has 1 aliphatic heterocycles. The molecule has 0 bridgehead atoms. The summed E-state index contributed by atoms with van der Waals surface area (Å²) >= 11 is 5.95. The van der Waals surface area contributed by atoms with Gasteiger partial charge in [0.1, 0.15) is 18.2 Å². The molecule has 0 unspecified atom stereocenters. The van der Waals surface area contributed by atoms with Crippen molar-refractivity contribution in [2.75, 3.05) is 0 Å². The zero-order valence-corrected chi connectivity index (χ0v) is 14.9. The summed E-state index contributed by atoms with van der Waals surface area (Å²) in [5, 5.41) is 12.6. The van der Waals surface area contributed by atoms with Crippen LogP contribution in [0.25, 0.3) is 0 Å². The van der Waals surface area contributed by atoms with E-state index in [2.05, 4.69) is 5.32 Å². The summed E-state index contributed by atoms with van der Waals surface area (Å²) in [6.07, 6.45) is 1.22. The smallest absolute Gasteiger partial charge is 0.331 e. The molecule has 8 heteroatoms. The fourth-order valence-electron chi connectivity index (χ4n) is 3.18. The van der Waals surface area contributed by atoms with Gasteiger partial charge in [0.05, 0.1) is 6.04 Å². The van der Waals surface area contributed by atoms with Crippen molar-refractivity contribution in [3.05, 3.63) is 66.9 Å². The molecule has 7 nitrogen and oxygen atoms in total. The Morgan fingerprint density at radius 3 is 2.88 bits per heavy atom. The van der Waals surface area contributed by atoms with Gasteiger partial charge in [0.2, 0.25) is 5.91 Å². The van der Waals surface area contributed by atoms with Gasteiger partial charge in [-0.05, 0) is 37.5 Å².